The second-order valence-electron chi connectivity index (χ2n) is 21.0. The lowest BCUT2D eigenvalue weighted by molar-refractivity contribution is 0.332. The molecule has 0 saturated carbocycles. The molecule has 0 atom stereocenters. The van der Waals surface area contributed by atoms with Gasteiger partial charge in [-0.2, -0.15) is 0 Å². The van der Waals surface area contributed by atoms with E-state index in [-0.39, 0.29) is 17.7 Å². The molecule has 3 nitrogen and oxygen atoms in total. The van der Waals surface area contributed by atoms with Crippen molar-refractivity contribution in [3.05, 3.63) is 221 Å². The van der Waals surface area contributed by atoms with Gasteiger partial charge in [0.1, 0.15) is 11.2 Å². The SMILES string of the molecule is CC1(C)CCC(C)(C)c2cc(N3B4c5cccc6c5N(c5ccccc5C6(c5ccccc5)c5ccccc5)c5cc6c(sc7ccccc76)c(c54)-c4cc5oc6ccccc6c5cc43)ccc21. The topological polar surface area (TPSA) is 19.6 Å². The van der Waals surface area contributed by atoms with Crippen LogP contribution in [-0.2, 0) is 16.2 Å². The molecular formula is C63H47BN2OS. The van der Waals surface area contributed by atoms with Crippen LogP contribution in [0.25, 0.3) is 53.2 Å². The lowest BCUT2D eigenvalue weighted by Crippen LogP contribution is -2.62. The van der Waals surface area contributed by atoms with Gasteiger partial charge in [-0.3, -0.25) is 0 Å². The minimum atomic E-state index is -0.596. The lowest BCUT2D eigenvalue weighted by Gasteiger charge is -2.52. The number of rotatable bonds is 3. The fourth-order valence-corrected chi connectivity index (χ4v) is 14.6. The number of fused-ring (bicyclic) bond motifs is 14. The van der Waals surface area contributed by atoms with E-state index in [0.717, 1.165) is 28.4 Å². The highest BCUT2D eigenvalue weighted by Gasteiger charge is 2.53. The monoisotopic (exact) mass is 890 g/mol. The molecule has 15 rings (SSSR count). The lowest BCUT2D eigenvalue weighted by atomic mass is 9.42. The molecule has 2 aromatic heterocycles. The van der Waals surface area contributed by atoms with Crippen LogP contribution >= 0.6 is 11.3 Å². The van der Waals surface area contributed by atoms with E-state index in [0.29, 0.717) is 0 Å². The summed E-state index contributed by atoms with van der Waals surface area (Å²) in [5.41, 5.74) is 20.7. The number of hydrogen-bond donors (Lipinski definition) is 0. The summed E-state index contributed by atoms with van der Waals surface area (Å²) in [7, 11) is 0. The molecule has 5 heterocycles. The Hall–Kier alpha value is -7.34. The molecule has 11 aromatic rings. The summed E-state index contributed by atoms with van der Waals surface area (Å²) in [4.78, 5) is 5.40. The standard InChI is InChI=1S/C63H47BN2OS/c1-61(2)32-33-62(3,4)49-34-40(30-31-46(49)61)66-52-35-43-41-22-11-15-28-54(41)67-55(43)37-45(52)57-58-53(36-44-42-23-12-16-29-56(42)68-60(44)57)65-51-27-14-13-24-47(51)63(38-18-7-5-8-19-38,39-20-9-6-10-21-39)48-25-17-26-50(59(48)65)64(58)66/h5-31,34-37H,32-33H2,1-4H3. The first-order chi connectivity index (χ1) is 33.2. The average Bonchev–Trinajstić information content (AvgIpc) is 3.94. The maximum Gasteiger partial charge on any atom is 0.333 e. The van der Waals surface area contributed by atoms with Gasteiger partial charge >= 0.3 is 6.85 Å². The highest BCUT2D eigenvalue weighted by molar-refractivity contribution is 7.26. The van der Waals surface area contributed by atoms with Crippen molar-refractivity contribution in [3.8, 4) is 11.1 Å². The molecule has 0 amide bonds. The number of benzene rings is 9. The molecule has 0 saturated heterocycles. The van der Waals surface area contributed by atoms with Crippen LogP contribution in [0.3, 0.4) is 0 Å². The van der Waals surface area contributed by atoms with E-state index in [2.05, 4.69) is 225 Å². The van der Waals surface area contributed by atoms with Gasteiger partial charge in [0.2, 0.25) is 0 Å². The van der Waals surface area contributed by atoms with Crippen LogP contribution in [0.5, 0.6) is 0 Å². The quantitative estimate of drug-likeness (QED) is 0.165. The van der Waals surface area contributed by atoms with Gasteiger partial charge in [0.15, 0.2) is 0 Å². The van der Waals surface area contributed by atoms with E-state index < -0.39 is 5.41 Å². The Morgan fingerprint density at radius 2 is 1.16 bits per heavy atom. The fourth-order valence-electron chi connectivity index (χ4n) is 13.3. The average molecular weight is 891 g/mol. The van der Waals surface area contributed by atoms with Crippen molar-refractivity contribution >= 4 is 99.7 Å². The highest BCUT2D eigenvalue weighted by Crippen LogP contribution is 2.61. The normalized spacial score (nSPS) is 16.7. The number of furan rings is 1. The van der Waals surface area contributed by atoms with E-state index in [9.17, 15) is 0 Å². The Labute approximate surface area is 401 Å². The first kappa shape index (κ1) is 38.7. The number of para-hydroxylation sites is 3. The van der Waals surface area contributed by atoms with Gasteiger partial charge in [-0.25, -0.2) is 0 Å². The van der Waals surface area contributed by atoms with Crippen LogP contribution < -0.4 is 20.6 Å². The summed E-state index contributed by atoms with van der Waals surface area (Å²) in [5.74, 6) is 0. The molecule has 324 valence electrons. The van der Waals surface area contributed by atoms with Gasteiger partial charge in [0, 0.05) is 64.8 Å². The van der Waals surface area contributed by atoms with Crippen LogP contribution in [-0.4, -0.2) is 6.85 Å². The third-order valence-corrected chi connectivity index (χ3v) is 17.8. The van der Waals surface area contributed by atoms with Crippen molar-refractivity contribution < 1.29 is 4.42 Å². The van der Waals surface area contributed by atoms with Gasteiger partial charge in [-0.15, -0.1) is 11.3 Å². The number of nitrogens with zero attached hydrogens (tertiary/aromatic N) is 2. The minimum Gasteiger partial charge on any atom is -0.456 e. The molecule has 1 aliphatic carbocycles. The molecule has 3 aliphatic heterocycles. The van der Waals surface area contributed by atoms with Crippen molar-refractivity contribution in [2.45, 2.75) is 56.8 Å². The summed E-state index contributed by atoms with van der Waals surface area (Å²) >= 11 is 1.93. The maximum atomic E-state index is 6.82. The third kappa shape index (κ3) is 4.89. The third-order valence-electron chi connectivity index (χ3n) is 16.6. The molecule has 5 heteroatoms. The Bertz CT molecular complexity index is 3920. The number of anilines is 5. The Kier molecular flexibility index (Phi) is 7.65. The number of thiophene rings is 1. The van der Waals surface area contributed by atoms with Gasteiger partial charge in [0.25, 0.3) is 0 Å². The van der Waals surface area contributed by atoms with Crippen LogP contribution in [0.15, 0.2) is 192 Å². The molecule has 9 aromatic carbocycles. The first-order valence-electron chi connectivity index (χ1n) is 24.2. The van der Waals surface area contributed by atoms with Gasteiger partial charge in [-0.1, -0.05) is 167 Å². The molecule has 4 aliphatic rings. The summed E-state index contributed by atoms with van der Waals surface area (Å²) in [6, 6.07) is 71.4. The summed E-state index contributed by atoms with van der Waals surface area (Å²) in [6.45, 7) is 9.63. The Balaban J connectivity index is 1.14. The molecule has 0 fully saturated rings. The highest BCUT2D eigenvalue weighted by atomic mass is 32.1. The molecule has 0 unspecified atom stereocenters. The van der Waals surface area contributed by atoms with E-state index >= 15 is 0 Å². The maximum absolute atomic E-state index is 6.82. The largest absolute Gasteiger partial charge is 0.456 e. The Morgan fingerprint density at radius 1 is 0.500 bits per heavy atom. The predicted molar refractivity (Wildman–Crippen MR) is 287 cm³/mol. The molecular weight excluding hydrogens is 844 g/mol. The number of hydrogen-bond acceptors (Lipinski definition) is 4. The predicted octanol–water partition coefficient (Wildman–Crippen LogP) is 15.7. The zero-order valence-corrected chi connectivity index (χ0v) is 39.4. The van der Waals surface area contributed by atoms with Crippen molar-refractivity contribution in [1.82, 2.24) is 0 Å². The second-order valence-corrected chi connectivity index (χ2v) is 22.0. The van der Waals surface area contributed by atoms with Gasteiger partial charge < -0.3 is 14.1 Å². The van der Waals surface area contributed by atoms with Crippen LogP contribution in [0.4, 0.5) is 28.4 Å². The zero-order chi connectivity index (χ0) is 45.3. The smallest absolute Gasteiger partial charge is 0.333 e. The minimum absolute atomic E-state index is 0.0282. The van der Waals surface area contributed by atoms with Crippen molar-refractivity contribution in [2.24, 2.45) is 0 Å². The van der Waals surface area contributed by atoms with Crippen LogP contribution in [0, 0.1) is 0 Å². The molecule has 0 spiro atoms. The summed E-state index contributed by atoms with van der Waals surface area (Å²) < 4.78 is 9.45. The van der Waals surface area contributed by atoms with E-state index in [4.69, 9.17) is 4.42 Å². The molecule has 0 radical (unpaired) electrons. The Morgan fingerprint density at radius 3 is 1.96 bits per heavy atom. The second kappa shape index (κ2) is 13.4. The zero-order valence-electron chi connectivity index (χ0n) is 38.6. The summed E-state index contributed by atoms with van der Waals surface area (Å²) in [6.07, 6.45) is 2.32. The molecule has 0 N–H and O–H groups in total. The fraction of sp³-hybridized carbons (Fsp3) is 0.143. The molecule has 68 heavy (non-hydrogen) atoms. The van der Waals surface area contributed by atoms with Crippen molar-refractivity contribution in [3.63, 3.8) is 0 Å². The first-order valence-corrected chi connectivity index (χ1v) is 25.1. The van der Waals surface area contributed by atoms with E-state index in [1.807, 2.05) is 11.3 Å². The van der Waals surface area contributed by atoms with Gasteiger partial charge in [0.05, 0.1) is 11.1 Å². The van der Waals surface area contributed by atoms with E-state index in [1.54, 1.807) is 0 Å². The summed E-state index contributed by atoms with van der Waals surface area (Å²) in [5, 5.41) is 4.87. The van der Waals surface area contributed by atoms with E-state index in [1.165, 1.54) is 110 Å². The van der Waals surface area contributed by atoms with Gasteiger partial charge in [-0.05, 0) is 117 Å². The van der Waals surface area contributed by atoms with Crippen LogP contribution in [0.1, 0.15) is 73.9 Å². The molecule has 0 bridgehead atoms. The van der Waals surface area contributed by atoms with Crippen molar-refractivity contribution in [1.29, 1.82) is 0 Å². The van der Waals surface area contributed by atoms with Crippen LogP contribution in [0.2, 0.25) is 0 Å². The van der Waals surface area contributed by atoms with Crippen molar-refractivity contribution in [2.75, 3.05) is 9.71 Å².